The maximum atomic E-state index is 13.5. The van der Waals surface area contributed by atoms with Crippen LogP contribution in [0, 0.1) is 10.8 Å². The van der Waals surface area contributed by atoms with E-state index in [0.29, 0.717) is 6.42 Å². The lowest BCUT2D eigenvalue weighted by Crippen LogP contribution is -2.41. The van der Waals surface area contributed by atoms with Gasteiger partial charge in [0.2, 0.25) is 0 Å². The molecule has 0 amide bonds. The summed E-state index contributed by atoms with van der Waals surface area (Å²) in [5, 5.41) is 0. The zero-order chi connectivity index (χ0) is 14.4. The van der Waals surface area contributed by atoms with E-state index in [0.717, 1.165) is 19.3 Å². The molecule has 0 saturated heterocycles. The van der Waals surface area contributed by atoms with Crippen LogP contribution in [0.1, 0.15) is 79.6 Å². The van der Waals surface area contributed by atoms with Crippen molar-refractivity contribution in [2.45, 2.75) is 85.7 Å². The molecule has 0 aromatic heterocycles. The van der Waals surface area contributed by atoms with Crippen molar-refractivity contribution in [1.82, 2.24) is 0 Å². The Labute approximate surface area is 110 Å². The van der Waals surface area contributed by atoms with Gasteiger partial charge in [0, 0.05) is 0 Å². The first-order chi connectivity index (χ1) is 8.20. The quantitative estimate of drug-likeness (QED) is 0.480. The van der Waals surface area contributed by atoms with E-state index in [-0.39, 0.29) is 24.7 Å². The summed E-state index contributed by atoms with van der Waals surface area (Å²) >= 11 is 0. The molecule has 0 aliphatic carbocycles. The first kappa shape index (κ1) is 17.8. The highest BCUT2D eigenvalue weighted by Crippen LogP contribution is 2.53. The van der Waals surface area contributed by atoms with Crippen molar-refractivity contribution < 1.29 is 13.2 Å². The largest absolute Gasteiger partial charge is 0.394 e. The van der Waals surface area contributed by atoms with Gasteiger partial charge in [-0.25, -0.2) is 0 Å². The topological polar surface area (TPSA) is 0 Å². The molecule has 0 aromatic rings. The molecule has 0 heterocycles. The lowest BCUT2D eigenvalue weighted by molar-refractivity contribution is -0.239. The van der Waals surface area contributed by atoms with Gasteiger partial charge in [0.15, 0.2) is 0 Å². The fraction of sp³-hybridized carbons (Fsp3) is 1.00. The summed E-state index contributed by atoms with van der Waals surface area (Å²) in [5.74, 6) is 0. The molecule has 0 aromatic carbocycles. The van der Waals surface area contributed by atoms with Gasteiger partial charge in [-0.3, -0.25) is 0 Å². The molecule has 2 atom stereocenters. The van der Waals surface area contributed by atoms with Crippen LogP contribution in [0.25, 0.3) is 0 Å². The molecule has 0 rings (SSSR count). The standard InChI is InChI=1S/C15H29F3/c1-6-10-13(5,8-3)12-14(9-4,11-7-2)15(16,17)18/h6-12H2,1-5H3. The van der Waals surface area contributed by atoms with Gasteiger partial charge < -0.3 is 0 Å². The van der Waals surface area contributed by atoms with Gasteiger partial charge in [-0.1, -0.05) is 53.9 Å². The van der Waals surface area contributed by atoms with Crippen LogP contribution in [-0.4, -0.2) is 6.18 Å². The number of hydrogen-bond donors (Lipinski definition) is 0. The Bertz CT molecular complexity index is 234. The highest BCUT2D eigenvalue weighted by atomic mass is 19.4. The lowest BCUT2D eigenvalue weighted by atomic mass is 9.65. The third-order valence-electron chi connectivity index (χ3n) is 4.48. The normalized spacial score (nSPS) is 19.3. The van der Waals surface area contributed by atoms with Gasteiger partial charge >= 0.3 is 6.18 Å². The number of alkyl halides is 3. The van der Waals surface area contributed by atoms with Crippen molar-refractivity contribution in [1.29, 1.82) is 0 Å². The molecule has 0 aliphatic heterocycles. The molecule has 0 saturated carbocycles. The molecule has 0 fully saturated rings. The third-order valence-corrected chi connectivity index (χ3v) is 4.48. The van der Waals surface area contributed by atoms with Crippen LogP contribution in [0.5, 0.6) is 0 Å². The Morgan fingerprint density at radius 1 is 0.778 bits per heavy atom. The molecular formula is C15H29F3. The van der Waals surface area contributed by atoms with E-state index in [4.69, 9.17) is 0 Å². The zero-order valence-electron chi connectivity index (χ0n) is 12.6. The minimum absolute atomic E-state index is 0.185. The highest BCUT2D eigenvalue weighted by Gasteiger charge is 2.54. The summed E-state index contributed by atoms with van der Waals surface area (Å²) in [6, 6.07) is 0. The minimum atomic E-state index is -4.08. The molecule has 18 heavy (non-hydrogen) atoms. The number of halogens is 3. The number of hydrogen-bond acceptors (Lipinski definition) is 0. The van der Waals surface area contributed by atoms with Crippen LogP contribution >= 0.6 is 0 Å². The molecule has 0 spiro atoms. The summed E-state index contributed by atoms with van der Waals surface area (Å²) < 4.78 is 40.4. The number of rotatable bonds is 8. The molecule has 0 nitrogen and oxygen atoms in total. The Balaban J connectivity index is 5.21. The Morgan fingerprint density at radius 3 is 1.56 bits per heavy atom. The van der Waals surface area contributed by atoms with Crippen LogP contribution in [0.2, 0.25) is 0 Å². The van der Waals surface area contributed by atoms with Gasteiger partial charge in [-0.15, -0.1) is 0 Å². The average Bonchev–Trinajstić information content (AvgIpc) is 2.27. The molecule has 3 heteroatoms. The predicted octanol–water partition coefficient (Wildman–Crippen LogP) is 6.35. The van der Waals surface area contributed by atoms with Gasteiger partial charge in [0.1, 0.15) is 0 Å². The fourth-order valence-electron chi connectivity index (χ4n) is 3.12. The van der Waals surface area contributed by atoms with Crippen molar-refractivity contribution in [3.8, 4) is 0 Å². The summed E-state index contributed by atoms with van der Waals surface area (Å²) in [4.78, 5) is 0. The first-order valence-electron chi connectivity index (χ1n) is 7.27. The van der Waals surface area contributed by atoms with Gasteiger partial charge in [-0.2, -0.15) is 13.2 Å². The molecule has 2 unspecified atom stereocenters. The van der Waals surface area contributed by atoms with E-state index in [1.807, 2.05) is 20.8 Å². The monoisotopic (exact) mass is 266 g/mol. The van der Waals surface area contributed by atoms with E-state index in [1.165, 1.54) is 0 Å². The van der Waals surface area contributed by atoms with Crippen molar-refractivity contribution in [3.63, 3.8) is 0 Å². The summed E-state index contributed by atoms with van der Waals surface area (Å²) in [6.45, 7) is 9.61. The molecule has 0 radical (unpaired) electrons. The van der Waals surface area contributed by atoms with E-state index in [2.05, 4.69) is 6.92 Å². The van der Waals surface area contributed by atoms with Crippen LogP contribution in [0.3, 0.4) is 0 Å². The van der Waals surface area contributed by atoms with Crippen molar-refractivity contribution in [2.24, 2.45) is 10.8 Å². The predicted molar refractivity (Wildman–Crippen MR) is 71.6 cm³/mol. The summed E-state index contributed by atoms with van der Waals surface area (Å²) in [7, 11) is 0. The van der Waals surface area contributed by atoms with Crippen LogP contribution in [-0.2, 0) is 0 Å². The maximum absolute atomic E-state index is 13.5. The molecular weight excluding hydrogens is 237 g/mol. The second kappa shape index (κ2) is 6.81. The molecule has 0 bridgehead atoms. The highest BCUT2D eigenvalue weighted by molar-refractivity contribution is 4.91. The maximum Gasteiger partial charge on any atom is 0.394 e. The fourth-order valence-corrected chi connectivity index (χ4v) is 3.12. The third kappa shape index (κ3) is 4.17. The van der Waals surface area contributed by atoms with E-state index in [1.54, 1.807) is 6.92 Å². The second-order valence-electron chi connectivity index (χ2n) is 5.97. The Kier molecular flexibility index (Phi) is 6.73. The minimum Gasteiger partial charge on any atom is -0.171 e. The second-order valence-corrected chi connectivity index (χ2v) is 5.97. The Hall–Kier alpha value is -0.210. The van der Waals surface area contributed by atoms with E-state index < -0.39 is 11.6 Å². The SMILES string of the molecule is CCCC(C)(CC)CC(CC)(CCC)C(F)(F)F. The van der Waals surface area contributed by atoms with Gasteiger partial charge in [0.05, 0.1) is 5.41 Å². The van der Waals surface area contributed by atoms with Gasteiger partial charge in [0.25, 0.3) is 0 Å². The average molecular weight is 266 g/mol. The van der Waals surface area contributed by atoms with E-state index in [9.17, 15) is 13.2 Å². The van der Waals surface area contributed by atoms with Gasteiger partial charge in [-0.05, 0) is 31.1 Å². The van der Waals surface area contributed by atoms with Crippen molar-refractivity contribution >= 4 is 0 Å². The molecule has 0 N–H and O–H groups in total. The smallest absolute Gasteiger partial charge is 0.171 e. The first-order valence-corrected chi connectivity index (χ1v) is 7.27. The molecule has 110 valence electrons. The lowest BCUT2D eigenvalue weighted by Gasteiger charge is -2.42. The van der Waals surface area contributed by atoms with Crippen LogP contribution < -0.4 is 0 Å². The summed E-state index contributed by atoms with van der Waals surface area (Å²) in [5.41, 5.74) is -1.67. The van der Waals surface area contributed by atoms with Crippen LogP contribution in [0.4, 0.5) is 13.2 Å². The zero-order valence-corrected chi connectivity index (χ0v) is 12.6. The Morgan fingerprint density at radius 2 is 1.28 bits per heavy atom. The van der Waals surface area contributed by atoms with Crippen LogP contribution in [0.15, 0.2) is 0 Å². The van der Waals surface area contributed by atoms with Crippen molar-refractivity contribution in [2.75, 3.05) is 0 Å². The van der Waals surface area contributed by atoms with Crippen molar-refractivity contribution in [3.05, 3.63) is 0 Å². The van der Waals surface area contributed by atoms with E-state index >= 15 is 0 Å². The summed E-state index contributed by atoms with van der Waals surface area (Å²) in [6.07, 6.45) is -0.100. The molecule has 0 aliphatic rings.